The molecule has 1 aromatic rings. The first-order valence-electron chi connectivity index (χ1n) is 4.18. The summed E-state index contributed by atoms with van der Waals surface area (Å²) in [5, 5.41) is 13.8. The molecule has 0 saturated carbocycles. The van der Waals surface area contributed by atoms with Gasteiger partial charge in [-0.1, -0.05) is 12.1 Å². The molecule has 0 aliphatic heterocycles. The molecule has 0 fully saturated rings. The molecule has 0 atom stereocenters. The summed E-state index contributed by atoms with van der Waals surface area (Å²) in [4.78, 5) is 0.103. The molecule has 0 saturated heterocycles. The normalized spacial score (nSPS) is 11.6. The molecule has 0 amide bonds. The Kier molecular flexibility index (Phi) is 3.25. The number of benzene rings is 1. The predicted molar refractivity (Wildman–Crippen MR) is 53.3 cm³/mol. The average molecular weight is 215 g/mol. The van der Waals surface area contributed by atoms with Crippen molar-refractivity contribution in [3.8, 4) is 0 Å². The Balaban J connectivity index is 3.30. The summed E-state index contributed by atoms with van der Waals surface area (Å²) in [6.45, 7) is 1.70. The molecular formula is C9H13NO3S. The topological polar surface area (TPSA) is 80.4 Å². The van der Waals surface area contributed by atoms with E-state index in [-0.39, 0.29) is 11.5 Å². The van der Waals surface area contributed by atoms with Crippen molar-refractivity contribution in [3.63, 3.8) is 0 Å². The minimum atomic E-state index is -3.69. The van der Waals surface area contributed by atoms with Crippen LogP contribution in [0.5, 0.6) is 0 Å². The van der Waals surface area contributed by atoms with Crippen LogP contribution < -0.4 is 5.14 Å². The van der Waals surface area contributed by atoms with Crippen LogP contribution in [0.2, 0.25) is 0 Å². The van der Waals surface area contributed by atoms with E-state index in [0.717, 1.165) is 5.56 Å². The van der Waals surface area contributed by atoms with Gasteiger partial charge in [-0.25, -0.2) is 13.6 Å². The number of aryl methyl sites for hydroxylation is 1. The highest BCUT2D eigenvalue weighted by Crippen LogP contribution is 2.16. The Morgan fingerprint density at radius 3 is 2.57 bits per heavy atom. The average Bonchev–Trinajstić information content (AvgIpc) is 2.07. The van der Waals surface area contributed by atoms with Crippen molar-refractivity contribution in [2.24, 2.45) is 5.14 Å². The van der Waals surface area contributed by atoms with Crippen LogP contribution in [0, 0.1) is 6.92 Å². The first-order chi connectivity index (χ1) is 6.45. The molecule has 0 heterocycles. The van der Waals surface area contributed by atoms with E-state index in [4.69, 9.17) is 10.2 Å². The number of sulfonamides is 1. The van der Waals surface area contributed by atoms with Gasteiger partial charge in [-0.15, -0.1) is 0 Å². The minimum absolute atomic E-state index is 0.0917. The zero-order valence-electron chi connectivity index (χ0n) is 7.90. The molecule has 0 aliphatic carbocycles. The van der Waals surface area contributed by atoms with Crippen LogP contribution in [0.4, 0.5) is 0 Å². The SMILES string of the molecule is Cc1ccc(CCO)c(S(N)(=O)=O)c1. The zero-order valence-corrected chi connectivity index (χ0v) is 8.71. The summed E-state index contributed by atoms with van der Waals surface area (Å²) in [6, 6.07) is 4.98. The number of nitrogens with two attached hydrogens (primary N) is 1. The lowest BCUT2D eigenvalue weighted by Crippen LogP contribution is -2.15. The van der Waals surface area contributed by atoms with E-state index >= 15 is 0 Å². The van der Waals surface area contributed by atoms with Crippen LogP contribution in [0.25, 0.3) is 0 Å². The molecule has 0 unspecified atom stereocenters. The minimum Gasteiger partial charge on any atom is -0.396 e. The van der Waals surface area contributed by atoms with Crippen LogP contribution in [0.3, 0.4) is 0 Å². The van der Waals surface area contributed by atoms with Gasteiger partial charge in [0.25, 0.3) is 0 Å². The van der Waals surface area contributed by atoms with Gasteiger partial charge in [-0.3, -0.25) is 0 Å². The molecule has 14 heavy (non-hydrogen) atoms. The van der Waals surface area contributed by atoms with Crippen molar-refractivity contribution in [2.45, 2.75) is 18.2 Å². The Morgan fingerprint density at radius 1 is 1.43 bits per heavy atom. The summed E-state index contributed by atoms with van der Waals surface area (Å²) in [5.41, 5.74) is 1.39. The summed E-state index contributed by atoms with van der Waals surface area (Å²) in [6.07, 6.45) is 0.298. The zero-order chi connectivity index (χ0) is 10.8. The van der Waals surface area contributed by atoms with Gasteiger partial charge in [0.1, 0.15) is 0 Å². The van der Waals surface area contributed by atoms with Crippen LogP contribution in [-0.4, -0.2) is 20.1 Å². The fraction of sp³-hybridized carbons (Fsp3) is 0.333. The first kappa shape index (κ1) is 11.2. The van der Waals surface area contributed by atoms with Gasteiger partial charge in [0.05, 0.1) is 4.90 Å². The number of hydrogen-bond donors (Lipinski definition) is 2. The number of aliphatic hydroxyl groups is 1. The molecule has 0 aliphatic rings. The van der Waals surface area contributed by atoms with E-state index in [2.05, 4.69) is 0 Å². The van der Waals surface area contributed by atoms with Crippen molar-refractivity contribution < 1.29 is 13.5 Å². The molecule has 0 spiro atoms. The van der Waals surface area contributed by atoms with Crippen molar-refractivity contribution in [2.75, 3.05) is 6.61 Å². The Labute approximate surface area is 83.4 Å². The highest BCUT2D eigenvalue weighted by molar-refractivity contribution is 7.89. The Morgan fingerprint density at radius 2 is 2.07 bits per heavy atom. The van der Waals surface area contributed by atoms with Gasteiger partial charge >= 0.3 is 0 Å². The van der Waals surface area contributed by atoms with E-state index < -0.39 is 10.0 Å². The van der Waals surface area contributed by atoms with Crippen molar-refractivity contribution in [1.29, 1.82) is 0 Å². The highest BCUT2D eigenvalue weighted by atomic mass is 32.2. The van der Waals surface area contributed by atoms with Gasteiger partial charge in [-0.05, 0) is 30.5 Å². The second kappa shape index (κ2) is 4.08. The van der Waals surface area contributed by atoms with E-state index in [0.29, 0.717) is 12.0 Å². The third kappa shape index (κ3) is 2.54. The largest absolute Gasteiger partial charge is 0.396 e. The molecule has 3 N–H and O–H groups in total. The van der Waals surface area contributed by atoms with E-state index in [1.165, 1.54) is 6.07 Å². The molecule has 1 rings (SSSR count). The molecular weight excluding hydrogens is 202 g/mol. The van der Waals surface area contributed by atoms with Gasteiger partial charge in [0.2, 0.25) is 10.0 Å². The maximum absolute atomic E-state index is 11.2. The molecule has 0 aromatic heterocycles. The lowest BCUT2D eigenvalue weighted by atomic mass is 10.1. The number of aliphatic hydroxyl groups excluding tert-OH is 1. The fourth-order valence-corrected chi connectivity index (χ4v) is 2.14. The maximum atomic E-state index is 11.2. The summed E-state index contributed by atoms with van der Waals surface area (Å²) < 4.78 is 22.4. The third-order valence-electron chi connectivity index (χ3n) is 1.91. The second-order valence-corrected chi connectivity index (χ2v) is 4.66. The van der Waals surface area contributed by atoms with Gasteiger partial charge in [-0.2, -0.15) is 0 Å². The molecule has 78 valence electrons. The quantitative estimate of drug-likeness (QED) is 0.754. The van der Waals surface area contributed by atoms with E-state index in [1.807, 2.05) is 0 Å². The number of primary sulfonamides is 1. The van der Waals surface area contributed by atoms with Crippen molar-refractivity contribution in [3.05, 3.63) is 29.3 Å². The monoisotopic (exact) mass is 215 g/mol. The van der Waals surface area contributed by atoms with Crippen molar-refractivity contribution in [1.82, 2.24) is 0 Å². The first-order valence-corrected chi connectivity index (χ1v) is 5.73. The second-order valence-electron chi connectivity index (χ2n) is 3.13. The summed E-state index contributed by atoms with van der Waals surface area (Å²) >= 11 is 0. The standard InChI is InChI=1S/C9H13NO3S/c1-7-2-3-8(4-5-11)9(6-7)14(10,12)13/h2-3,6,11H,4-5H2,1H3,(H2,10,12,13). The molecule has 1 aromatic carbocycles. The van der Waals surface area contributed by atoms with Crippen LogP contribution >= 0.6 is 0 Å². The van der Waals surface area contributed by atoms with Gasteiger partial charge in [0.15, 0.2) is 0 Å². The van der Waals surface area contributed by atoms with Gasteiger partial charge in [0, 0.05) is 6.61 Å². The smallest absolute Gasteiger partial charge is 0.238 e. The van der Waals surface area contributed by atoms with E-state index in [9.17, 15) is 8.42 Å². The van der Waals surface area contributed by atoms with Crippen LogP contribution in [-0.2, 0) is 16.4 Å². The number of hydrogen-bond acceptors (Lipinski definition) is 3. The lowest BCUT2D eigenvalue weighted by molar-refractivity contribution is 0.298. The Bertz CT molecular complexity index is 426. The third-order valence-corrected chi connectivity index (χ3v) is 2.90. The predicted octanol–water partition coefficient (Wildman–Crippen LogP) is 0.177. The summed E-state index contributed by atoms with van der Waals surface area (Å²) in [7, 11) is -3.69. The van der Waals surface area contributed by atoms with Crippen LogP contribution in [0.15, 0.2) is 23.1 Å². The molecule has 5 heteroatoms. The summed E-state index contributed by atoms with van der Waals surface area (Å²) in [5.74, 6) is 0. The molecule has 4 nitrogen and oxygen atoms in total. The van der Waals surface area contributed by atoms with Gasteiger partial charge < -0.3 is 5.11 Å². The van der Waals surface area contributed by atoms with E-state index in [1.54, 1.807) is 19.1 Å². The van der Waals surface area contributed by atoms with Crippen LogP contribution in [0.1, 0.15) is 11.1 Å². The number of rotatable bonds is 3. The lowest BCUT2D eigenvalue weighted by Gasteiger charge is -2.06. The Hall–Kier alpha value is -0.910. The fourth-order valence-electron chi connectivity index (χ4n) is 1.25. The van der Waals surface area contributed by atoms with Crippen molar-refractivity contribution >= 4 is 10.0 Å². The maximum Gasteiger partial charge on any atom is 0.238 e. The highest BCUT2D eigenvalue weighted by Gasteiger charge is 2.13. The molecule has 0 bridgehead atoms. The molecule has 0 radical (unpaired) electrons.